The van der Waals surface area contributed by atoms with Gasteiger partial charge in [-0.15, -0.1) is 0 Å². The highest BCUT2D eigenvalue weighted by molar-refractivity contribution is 6.33. The molecular weight excluding hydrogens is 200 g/mol. The molecule has 1 aliphatic rings. The van der Waals surface area contributed by atoms with E-state index >= 15 is 0 Å². The van der Waals surface area contributed by atoms with E-state index in [1.54, 1.807) is 6.07 Å². The molecule has 0 bridgehead atoms. The van der Waals surface area contributed by atoms with E-state index in [1.165, 1.54) is 0 Å². The molecule has 1 aliphatic heterocycles. The lowest BCUT2D eigenvalue weighted by Crippen LogP contribution is -2.18. The predicted octanol–water partition coefficient (Wildman–Crippen LogP) is 3.00. The van der Waals surface area contributed by atoms with Crippen LogP contribution in [-0.2, 0) is 0 Å². The fourth-order valence-electron chi connectivity index (χ4n) is 1.70. The van der Waals surface area contributed by atoms with Crippen LogP contribution >= 0.6 is 11.6 Å². The van der Waals surface area contributed by atoms with Gasteiger partial charge in [-0.1, -0.05) is 24.6 Å². The molecule has 2 rings (SSSR count). The maximum atomic E-state index is 11.8. The van der Waals surface area contributed by atoms with Crippen LogP contribution in [0.5, 0.6) is 5.75 Å². The first-order valence-electron chi connectivity index (χ1n) is 4.65. The highest BCUT2D eigenvalue weighted by Gasteiger charge is 2.33. The number of benzene rings is 1. The van der Waals surface area contributed by atoms with Crippen LogP contribution in [-0.4, -0.2) is 11.9 Å². The van der Waals surface area contributed by atoms with Crippen LogP contribution in [0.2, 0.25) is 5.02 Å². The average molecular weight is 211 g/mol. The summed E-state index contributed by atoms with van der Waals surface area (Å²) in [4.78, 5) is 11.8. The van der Waals surface area contributed by atoms with Crippen molar-refractivity contribution >= 4 is 17.4 Å². The Hall–Kier alpha value is -1.02. The maximum Gasteiger partial charge on any atom is 0.207 e. The quantitative estimate of drug-likeness (QED) is 0.712. The number of fused-ring (bicyclic) bond motifs is 1. The maximum absolute atomic E-state index is 11.8. The van der Waals surface area contributed by atoms with Gasteiger partial charge in [0.15, 0.2) is 6.10 Å². The minimum atomic E-state index is -0.344. The van der Waals surface area contributed by atoms with Crippen molar-refractivity contribution in [2.24, 2.45) is 0 Å². The zero-order valence-electron chi connectivity index (χ0n) is 8.13. The molecule has 0 radical (unpaired) electrons. The molecule has 0 fully saturated rings. The van der Waals surface area contributed by atoms with Crippen molar-refractivity contribution in [1.29, 1.82) is 0 Å². The molecule has 0 aliphatic carbocycles. The van der Waals surface area contributed by atoms with Gasteiger partial charge in [0.2, 0.25) is 5.78 Å². The molecule has 74 valence electrons. The van der Waals surface area contributed by atoms with E-state index in [1.807, 2.05) is 19.9 Å². The third-order valence-corrected chi connectivity index (χ3v) is 2.79. The summed E-state index contributed by atoms with van der Waals surface area (Å²) in [6, 6.07) is 3.61. The molecular formula is C11H11ClO2. The van der Waals surface area contributed by atoms with Gasteiger partial charge < -0.3 is 4.74 Å². The second-order valence-corrected chi connectivity index (χ2v) is 3.85. The number of halogens is 1. The largest absolute Gasteiger partial charge is 0.480 e. The van der Waals surface area contributed by atoms with Gasteiger partial charge in [0.1, 0.15) is 5.75 Å². The van der Waals surface area contributed by atoms with Gasteiger partial charge in [-0.05, 0) is 25.0 Å². The molecule has 1 heterocycles. The van der Waals surface area contributed by atoms with E-state index in [0.717, 1.165) is 5.56 Å². The lowest BCUT2D eigenvalue weighted by atomic mass is 10.0. The van der Waals surface area contributed by atoms with Gasteiger partial charge >= 0.3 is 0 Å². The lowest BCUT2D eigenvalue weighted by Gasteiger charge is -2.05. The summed E-state index contributed by atoms with van der Waals surface area (Å²) in [5.74, 6) is 0.617. The van der Waals surface area contributed by atoms with Crippen LogP contribution in [0.1, 0.15) is 29.3 Å². The van der Waals surface area contributed by atoms with Gasteiger partial charge in [-0.3, -0.25) is 4.79 Å². The first kappa shape index (κ1) is 9.53. The fourth-order valence-corrected chi connectivity index (χ4v) is 1.90. The Labute approximate surface area is 87.8 Å². The molecule has 0 aromatic heterocycles. The molecule has 2 nitrogen and oxygen atoms in total. The number of carbonyl (C=O) groups excluding carboxylic acids is 1. The Morgan fingerprint density at radius 1 is 1.50 bits per heavy atom. The minimum Gasteiger partial charge on any atom is -0.480 e. The van der Waals surface area contributed by atoms with Gasteiger partial charge in [0.05, 0.1) is 10.6 Å². The van der Waals surface area contributed by atoms with Crippen molar-refractivity contribution in [3.63, 3.8) is 0 Å². The number of carbonyl (C=O) groups is 1. The predicted molar refractivity (Wildman–Crippen MR) is 55.2 cm³/mol. The van der Waals surface area contributed by atoms with Crippen LogP contribution in [0.4, 0.5) is 0 Å². The van der Waals surface area contributed by atoms with Crippen LogP contribution in [0.25, 0.3) is 0 Å². The molecule has 14 heavy (non-hydrogen) atoms. The van der Waals surface area contributed by atoms with Crippen LogP contribution in [0.15, 0.2) is 12.1 Å². The summed E-state index contributed by atoms with van der Waals surface area (Å²) in [6.45, 7) is 3.83. The highest BCUT2D eigenvalue weighted by atomic mass is 35.5. The number of aryl methyl sites for hydroxylation is 1. The van der Waals surface area contributed by atoms with Gasteiger partial charge in [0.25, 0.3) is 0 Å². The van der Waals surface area contributed by atoms with E-state index in [0.29, 0.717) is 22.8 Å². The Balaban J connectivity index is 2.58. The third kappa shape index (κ3) is 1.22. The van der Waals surface area contributed by atoms with Crippen LogP contribution in [0.3, 0.4) is 0 Å². The number of Topliss-reactive ketones (excluding diaryl/α,β-unsaturated/α-hetero) is 1. The van der Waals surface area contributed by atoms with Crippen molar-refractivity contribution in [3.8, 4) is 5.75 Å². The zero-order valence-corrected chi connectivity index (χ0v) is 8.89. The van der Waals surface area contributed by atoms with Gasteiger partial charge in [0, 0.05) is 0 Å². The minimum absolute atomic E-state index is 0.0579. The molecule has 1 aromatic rings. The molecule has 0 N–H and O–H groups in total. The van der Waals surface area contributed by atoms with E-state index in [2.05, 4.69) is 0 Å². The molecule has 0 saturated carbocycles. The summed E-state index contributed by atoms with van der Waals surface area (Å²) < 4.78 is 5.50. The summed E-state index contributed by atoms with van der Waals surface area (Å²) in [5.41, 5.74) is 1.59. The SMILES string of the molecule is CCC1Oc2c(Cl)ccc(C)c2C1=O. The van der Waals surface area contributed by atoms with Crippen molar-refractivity contribution in [2.75, 3.05) is 0 Å². The summed E-state index contributed by atoms with van der Waals surface area (Å²) in [7, 11) is 0. The van der Waals surface area contributed by atoms with Gasteiger partial charge in [-0.2, -0.15) is 0 Å². The monoisotopic (exact) mass is 210 g/mol. The molecule has 1 unspecified atom stereocenters. The Kier molecular flexibility index (Phi) is 2.23. The molecule has 0 saturated heterocycles. The zero-order chi connectivity index (χ0) is 10.3. The Morgan fingerprint density at radius 2 is 2.21 bits per heavy atom. The average Bonchev–Trinajstić information content (AvgIpc) is 2.51. The van der Waals surface area contributed by atoms with E-state index in [-0.39, 0.29) is 11.9 Å². The molecule has 1 atom stereocenters. The molecule has 3 heteroatoms. The smallest absolute Gasteiger partial charge is 0.207 e. The normalized spacial score (nSPS) is 19.4. The van der Waals surface area contributed by atoms with E-state index in [9.17, 15) is 4.79 Å². The summed E-state index contributed by atoms with van der Waals surface area (Å²) >= 11 is 5.95. The first-order valence-corrected chi connectivity index (χ1v) is 5.03. The molecule has 0 amide bonds. The standard InChI is InChI=1S/C11H11ClO2/c1-3-8-10(13)9-6(2)4-5-7(12)11(9)14-8/h4-5,8H,3H2,1-2H3. The Bertz CT molecular complexity index is 399. The number of hydrogen-bond acceptors (Lipinski definition) is 2. The van der Waals surface area contributed by atoms with E-state index in [4.69, 9.17) is 16.3 Å². The second-order valence-electron chi connectivity index (χ2n) is 3.45. The summed E-state index contributed by atoms with van der Waals surface area (Å²) in [5, 5.41) is 0.523. The Morgan fingerprint density at radius 3 is 2.79 bits per heavy atom. The van der Waals surface area contributed by atoms with Crippen LogP contribution in [0, 0.1) is 6.92 Å². The van der Waals surface area contributed by atoms with E-state index < -0.39 is 0 Å². The molecule has 1 aromatic carbocycles. The fraction of sp³-hybridized carbons (Fsp3) is 0.364. The second kappa shape index (κ2) is 3.28. The first-order chi connectivity index (χ1) is 6.65. The third-order valence-electron chi connectivity index (χ3n) is 2.49. The highest BCUT2D eigenvalue weighted by Crippen LogP contribution is 2.38. The number of ether oxygens (including phenoxy) is 1. The van der Waals surface area contributed by atoms with Gasteiger partial charge in [-0.25, -0.2) is 0 Å². The van der Waals surface area contributed by atoms with Crippen LogP contribution < -0.4 is 4.74 Å². The van der Waals surface area contributed by atoms with Crippen molar-refractivity contribution in [2.45, 2.75) is 26.4 Å². The topological polar surface area (TPSA) is 26.3 Å². The van der Waals surface area contributed by atoms with Crippen molar-refractivity contribution in [3.05, 3.63) is 28.3 Å². The summed E-state index contributed by atoms with van der Waals surface area (Å²) in [6.07, 6.45) is 0.340. The van der Waals surface area contributed by atoms with Crippen molar-refractivity contribution in [1.82, 2.24) is 0 Å². The molecule has 0 spiro atoms. The lowest BCUT2D eigenvalue weighted by molar-refractivity contribution is 0.0853. The number of ketones is 1. The number of hydrogen-bond donors (Lipinski definition) is 0. The number of rotatable bonds is 1. The van der Waals surface area contributed by atoms with Crippen molar-refractivity contribution < 1.29 is 9.53 Å².